The van der Waals surface area contributed by atoms with Gasteiger partial charge in [-0.2, -0.15) is 0 Å². The molecule has 0 saturated heterocycles. The number of pyridine rings is 1. The first kappa shape index (κ1) is 7.92. The van der Waals surface area contributed by atoms with Crippen molar-refractivity contribution in [1.29, 1.82) is 0 Å². The van der Waals surface area contributed by atoms with Gasteiger partial charge in [0.15, 0.2) is 0 Å². The summed E-state index contributed by atoms with van der Waals surface area (Å²) in [4.78, 5) is 8.26. The van der Waals surface area contributed by atoms with E-state index >= 15 is 0 Å². The van der Waals surface area contributed by atoms with Gasteiger partial charge in [-0.05, 0) is 12.1 Å². The van der Waals surface area contributed by atoms with Crippen LogP contribution in [0.3, 0.4) is 0 Å². The molecule has 0 fully saturated rings. The Kier molecular flexibility index (Phi) is 2.04. The lowest BCUT2D eigenvalue weighted by Gasteiger charge is -1.96. The van der Waals surface area contributed by atoms with Crippen molar-refractivity contribution in [2.24, 2.45) is 4.99 Å². The largest absolute Gasteiger partial charge is 0.296 e. The Morgan fingerprint density at radius 1 is 1.31 bits per heavy atom. The smallest absolute Gasteiger partial charge is 0.0702 e. The molecule has 0 N–H and O–H groups in total. The van der Waals surface area contributed by atoms with E-state index in [1.54, 1.807) is 13.3 Å². The van der Waals surface area contributed by atoms with Crippen molar-refractivity contribution in [2.45, 2.75) is 0 Å². The van der Waals surface area contributed by atoms with E-state index in [0.717, 1.165) is 16.5 Å². The predicted octanol–water partition coefficient (Wildman–Crippen LogP) is 2.28. The fraction of sp³-hybridized carbons (Fsp3) is 0.0909. The summed E-state index contributed by atoms with van der Waals surface area (Å²) in [6, 6.07) is 10.1. The second-order valence-electron chi connectivity index (χ2n) is 2.85. The van der Waals surface area contributed by atoms with Crippen LogP contribution in [-0.4, -0.2) is 18.2 Å². The summed E-state index contributed by atoms with van der Waals surface area (Å²) in [6.45, 7) is 0. The number of aliphatic imine (C=N–C) groups is 1. The van der Waals surface area contributed by atoms with Crippen molar-refractivity contribution in [3.05, 3.63) is 42.1 Å². The molecule has 1 aromatic carbocycles. The van der Waals surface area contributed by atoms with Gasteiger partial charge in [0.1, 0.15) is 0 Å². The Morgan fingerprint density at radius 2 is 2.15 bits per heavy atom. The SMILES string of the molecule is C/N=C/c1cnc2ccccc2c1. The van der Waals surface area contributed by atoms with Crippen molar-refractivity contribution in [3.63, 3.8) is 0 Å². The number of nitrogens with zero attached hydrogens (tertiary/aromatic N) is 2. The molecular formula is C11H10N2. The maximum atomic E-state index is 4.31. The number of benzene rings is 1. The molecule has 0 radical (unpaired) electrons. The van der Waals surface area contributed by atoms with Crippen LogP contribution in [0, 0.1) is 0 Å². The highest BCUT2D eigenvalue weighted by Crippen LogP contribution is 2.11. The molecule has 0 saturated carbocycles. The minimum atomic E-state index is 1.02. The number of fused-ring (bicyclic) bond motifs is 1. The monoisotopic (exact) mass is 170 g/mol. The van der Waals surface area contributed by atoms with Crippen molar-refractivity contribution >= 4 is 17.1 Å². The Morgan fingerprint density at radius 3 is 3.00 bits per heavy atom. The summed E-state index contributed by atoms with van der Waals surface area (Å²) in [5.41, 5.74) is 2.07. The van der Waals surface area contributed by atoms with Crippen molar-refractivity contribution in [1.82, 2.24) is 4.98 Å². The molecule has 0 spiro atoms. The second-order valence-corrected chi connectivity index (χ2v) is 2.85. The molecule has 0 aliphatic carbocycles. The van der Waals surface area contributed by atoms with Crippen LogP contribution in [0.15, 0.2) is 41.5 Å². The second kappa shape index (κ2) is 3.35. The molecule has 0 aliphatic heterocycles. The van der Waals surface area contributed by atoms with Crippen LogP contribution in [0.2, 0.25) is 0 Å². The van der Waals surface area contributed by atoms with Gasteiger partial charge >= 0.3 is 0 Å². The molecule has 2 aromatic rings. The molecule has 0 bridgehead atoms. The van der Waals surface area contributed by atoms with Gasteiger partial charge in [-0.3, -0.25) is 9.98 Å². The quantitative estimate of drug-likeness (QED) is 0.603. The maximum Gasteiger partial charge on any atom is 0.0702 e. The summed E-state index contributed by atoms with van der Waals surface area (Å²) < 4.78 is 0. The predicted molar refractivity (Wildman–Crippen MR) is 55.3 cm³/mol. The number of aromatic nitrogens is 1. The topological polar surface area (TPSA) is 25.2 Å². The van der Waals surface area contributed by atoms with Crippen LogP contribution in [0.25, 0.3) is 10.9 Å². The molecule has 2 heteroatoms. The van der Waals surface area contributed by atoms with E-state index < -0.39 is 0 Å². The van der Waals surface area contributed by atoms with Gasteiger partial charge in [0, 0.05) is 30.4 Å². The van der Waals surface area contributed by atoms with Crippen LogP contribution in [0.1, 0.15) is 5.56 Å². The summed E-state index contributed by atoms with van der Waals surface area (Å²) in [5, 5.41) is 1.15. The molecule has 1 heterocycles. The van der Waals surface area contributed by atoms with E-state index in [1.807, 2.05) is 24.4 Å². The maximum absolute atomic E-state index is 4.31. The van der Waals surface area contributed by atoms with E-state index in [2.05, 4.69) is 22.1 Å². The molecule has 13 heavy (non-hydrogen) atoms. The number of hydrogen-bond acceptors (Lipinski definition) is 2. The first-order valence-electron chi connectivity index (χ1n) is 4.17. The fourth-order valence-corrected chi connectivity index (χ4v) is 1.31. The van der Waals surface area contributed by atoms with Gasteiger partial charge in [-0.15, -0.1) is 0 Å². The van der Waals surface area contributed by atoms with E-state index in [0.29, 0.717) is 0 Å². The molecular weight excluding hydrogens is 160 g/mol. The Labute approximate surface area is 77.0 Å². The fourth-order valence-electron chi connectivity index (χ4n) is 1.31. The van der Waals surface area contributed by atoms with Gasteiger partial charge < -0.3 is 0 Å². The molecule has 2 nitrogen and oxygen atoms in total. The third-order valence-electron chi connectivity index (χ3n) is 1.89. The average Bonchev–Trinajstić information content (AvgIpc) is 2.18. The van der Waals surface area contributed by atoms with E-state index in [4.69, 9.17) is 0 Å². The lowest BCUT2D eigenvalue weighted by atomic mass is 10.2. The summed E-state index contributed by atoms with van der Waals surface area (Å²) in [5.74, 6) is 0. The Bertz CT molecular complexity index is 447. The number of para-hydroxylation sites is 1. The van der Waals surface area contributed by atoms with Gasteiger partial charge in [0.2, 0.25) is 0 Å². The molecule has 0 aliphatic rings. The third kappa shape index (κ3) is 1.56. The number of hydrogen-bond donors (Lipinski definition) is 0. The first-order valence-corrected chi connectivity index (χ1v) is 4.17. The van der Waals surface area contributed by atoms with Gasteiger partial charge in [-0.25, -0.2) is 0 Å². The minimum Gasteiger partial charge on any atom is -0.296 e. The first-order chi connectivity index (χ1) is 6.40. The lowest BCUT2D eigenvalue weighted by Crippen LogP contribution is -1.84. The molecule has 2 rings (SSSR count). The Balaban J connectivity index is 2.62. The average molecular weight is 170 g/mol. The highest BCUT2D eigenvalue weighted by Gasteiger charge is 1.93. The Hall–Kier alpha value is -1.70. The summed E-state index contributed by atoms with van der Waals surface area (Å²) in [7, 11) is 1.76. The van der Waals surface area contributed by atoms with E-state index in [-0.39, 0.29) is 0 Å². The van der Waals surface area contributed by atoms with Gasteiger partial charge in [-0.1, -0.05) is 18.2 Å². The van der Waals surface area contributed by atoms with Crippen molar-refractivity contribution in [3.8, 4) is 0 Å². The van der Waals surface area contributed by atoms with Gasteiger partial charge in [0.05, 0.1) is 5.52 Å². The zero-order valence-corrected chi connectivity index (χ0v) is 7.44. The zero-order valence-electron chi connectivity index (χ0n) is 7.44. The standard InChI is InChI=1S/C11H10N2/c1-12-7-9-6-10-4-2-3-5-11(10)13-8-9/h2-8H,1H3/b12-7+. The van der Waals surface area contributed by atoms with E-state index in [1.165, 1.54) is 0 Å². The van der Waals surface area contributed by atoms with Crippen molar-refractivity contribution < 1.29 is 0 Å². The zero-order chi connectivity index (χ0) is 9.10. The third-order valence-corrected chi connectivity index (χ3v) is 1.89. The van der Waals surface area contributed by atoms with Crippen LogP contribution in [0.4, 0.5) is 0 Å². The molecule has 0 unspecified atom stereocenters. The van der Waals surface area contributed by atoms with Gasteiger partial charge in [0.25, 0.3) is 0 Å². The summed E-state index contributed by atoms with van der Waals surface area (Å²) in [6.07, 6.45) is 3.63. The molecule has 64 valence electrons. The lowest BCUT2D eigenvalue weighted by molar-refractivity contribution is 1.39. The number of rotatable bonds is 1. The normalized spacial score (nSPS) is 11.2. The highest BCUT2D eigenvalue weighted by atomic mass is 14.7. The van der Waals surface area contributed by atoms with Crippen LogP contribution in [0.5, 0.6) is 0 Å². The van der Waals surface area contributed by atoms with Crippen molar-refractivity contribution in [2.75, 3.05) is 7.05 Å². The van der Waals surface area contributed by atoms with Crippen LogP contribution < -0.4 is 0 Å². The highest BCUT2D eigenvalue weighted by molar-refractivity contribution is 5.87. The molecule has 0 amide bonds. The summed E-state index contributed by atoms with van der Waals surface area (Å²) >= 11 is 0. The van der Waals surface area contributed by atoms with E-state index in [9.17, 15) is 0 Å². The molecule has 0 atom stereocenters. The van der Waals surface area contributed by atoms with Crippen LogP contribution in [-0.2, 0) is 0 Å². The van der Waals surface area contributed by atoms with Crippen LogP contribution >= 0.6 is 0 Å². The minimum absolute atomic E-state index is 1.02. The molecule has 1 aromatic heterocycles.